The molecule has 0 fully saturated rings. The second-order valence-corrected chi connectivity index (χ2v) is 8.99. The number of aromatic hydroxyl groups is 1. The number of hydrogen-bond donors (Lipinski definition) is 1. The van der Waals surface area contributed by atoms with Crippen molar-refractivity contribution in [2.24, 2.45) is 16.1 Å². The molecular formula is C24H27Cl2N3O3. The number of ether oxygens (including phenoxy) is 1. The summed E-state index contributed by atoms with van der Waals surface area (Å²) in [4.78, 5) is 12.2. The van der Waals surface area contributed by atoms with Crippen LogP contribution in [0, 0.1) is 12.8 Å². The number of aromatic nitrogens is 1. The monoisotopic (exact) mass is 475 g/mol. The Morgan fingerprint density at radius 2 is 1.97 bits per heavy atom. The summed E-state index contributed by atoms with van der Waals surface area (Å²) in [5.74, 6) is 0.656. The fourth-order valence-electron chi connectivity index (χ4n) is 3.30. The predicted octanol–water partition coefficient (Wildman–Crippen LogP) is 7.48. The van der Waals surface area contributed by atoms with E-state index in [2.05, 4.69) is 24.1 Å². The molecule has 8 heteroatoms. The molecular weight excluding hydrogens is 449 g/mol. The quantitative estimate of drug-likeness (QED) is 0.257. The highest BCUT2D eigenvalue weighted by molar-refractivity contribution is 6.35. The van der Waals surface area contributed by atoms with Crippen molar-refractivity contribution in [2.75, 3.05) is 6.61 Å². The normalized spacial score (nSPS) is 11.7. The summed E-state index contributed by atoms with van der Waals surface area (Å²) >= 11 is 11.9. The second-order valence-electron chi connectivity index (χ2n) is 8.15. The third kappa shape index (κ3) is 6.02. The van der Waals surface area contributed by atoms with Crippen molar-refractivity contribution >= 4 is 45.7 Å². The van der Waals surface area contributed by atoms with Crippen LogP contribution in [0.4, 0.5) is 5.69 Å². The van der Waals surface area contributed by atoms with Gasteiger partial charge in [-0.1, -0.05) is 48.7 Å². The van der Waals surface area contributed by atoms with Crippen LogP contribution >= 0.6 is 23.2 Å². The molecule has 1 N–H and O–H groups in total. The van der Waals surface area contributed by atoms with Crippen molar-refractivity contribution in [3.05, 3.63) is 52.0 Å². The summed E-state index contributed by atoms with van der Waals surface area (Å²) in [6.07, 6.45) is 1.54. The molecule has 0 saturated carbocycles. The smallest absolute Gasteiger partial charge is 0.264 e. The van der Waals surface area contributed by atoms with Gasteiger partial charge in [0.1, 0.15) is 5.75 Å². The van der Waals surface area contributed by atoms with Crippen LogP contribution in [0.25, 0.3) is 10.9 Å². The number of halogens is 2. The highest BCUT2D eigenvalue weighted by atomic mass is 35.5. The zero-order valence-corrected chi connectivity index (χ0v) is 20.0. The van der Waals surface area contributed by atoms with Crippen LogP contribution in [-0.4, -0.2) is 22.2 Å². The number of carbonyl (C=O) groups excluding carboxylic acids is 1. The van der Waals surface area contributed by atoms with Crippen LogP contribution < -0.4 is 4.74 Å². The largest absolute Gasteiger partial charge is 0.493 e. The molecule has 0 saturated heterocycles. The first-order chi connectivity index (χ1) is 15.3. The molecule has 3 aromatic rings. The van der Waals surface area contributed by atoms with Crippen LogP contribution in [0.1, 0.15) is 38.7 Å². The highest BCUT2D eigenvalue weighted by Gasteiger charge is 2.17. The molecule has 1 aromatic heterocycles. The summed E-state index contributed by atoms with van der Waals surface area (Å²) in [6.45, 7) is 7.22. The maximum atomic E-state index is 12.2. The third-order valence-corrected chi connectivity index (χ3v) is 5.57. The van der Waals surface area contributed by atoms with Crippen molar-refractivity contribution in [3.63, 3.8) is 0 Å². The minimum absolute atomic E-state index is 0.0310. The molecule has 170 valence electrons. The van der Waals surface area contributed by atoms with E-state index in [1.807, 2.05) is 29.7 Å². The van der Waals surface area contributed by atoms with Crippen LogP contribution in [0.15, 0.2) is 46.6 Å². The lowest BCUT2D eigenvalue weighted by molar-refractivity contribution is -0.118. The standard InChI is InChI=1S/C24H27Cl2N3O3/c1-15(2)10-11-29-20-8-6-16(3)13-18(20)23(24(29)31)28-27-22(30)5-4-12-32-21-9-7-17(25)14-19(21)26/h6-9,13-15,31H,4-5,10-12H2,1-3H3. The Kier molecular flexibility index (Phi) is 8.15. The van der Waals surface area contributed by atoms with E-state index in [9.17, 15) is 9.90 Å². The Morgan fingerprint density at radius 3 is 2.69 bits per heavy atom. The van der Waals surface area contributed by atoms with Gasteiger partial charge in [0.05, 0.1) is 17.1 Å². The summed E-state index contributed by atoms with van der Waals surface area (Å²) in [5.41, 5.74) is 2.24. The van der Waals surface area contributed by atoms with Gasteiger partial charge >= 0.3 is 0 Å². The zero-order valence-electron chi connectivity index (χ0n) is 18.4. The van der Waals surface area contributed by atoms with E-state index in [1.54, 1.807) is 18.2 Å². The molecule has 32 heavy (non-hydrogen) atoms. The van der Waals surface area contributed by atoms with Gasteiger partial charge in [-0.3, -0.25) is 4.79 Å². The molecule has 0 unspecified atom stereocenters. The number of fused-ring (bicyclic) bond motifs is 1. The maximum Gasteiger partial charge on any atom is 0.264 e. The van der Waals surface area contributed by atoms with E-state index >= 15 is 0 Å². The molecule has 0 aliphatic rings. The van der Waals surface area contributed by atoms with Crippen molar-refractivity contribution in [1.29, 1.82) is 0 Å². The first-order valence-corrected chi connectivity index (χ1v) is 11.4. The van der Waals surface area contributed by atoms with Crippen molar-refractivity contribution < 1.29 is 14.6 Å². The molecule has 0 spiro atoms. The van der Waals surface area contributed by atoms with Gasteiger partial charge in [-0.15, -0.1) is 10.2 Å². The number of azo groups is 1. The molecule has 1 heterocycles. The Morgan fingerprint density at radius 1 is 1.19 bits per heavy atom. The second kappa shape index (κ2) is 10.8. The van der Waals surface area contributed by atoms with Crippen LogP contribution in [0.2, 0.25) is 10.0 Å². The number of nitrogens with zero attached hydrogens (tertiary/aromatic N) is 3. The molecule has 6 nitrogen and oxygen atoms in total. The average Bonchev–Trinajstić information content (AvgIpc) is 2.99. The third-order valence-electron chi connectivity index (χ3n) is 5.04. The Labute approximate surface area is 197 Å². The SMILES string of the molecule is Cc1ccc2c(c1)c(N=NC(=O)CCCOc1ccc(Cl)cc1Cl)c(O)n2CCC(C)C. The molecule has 3 rings (SSSR count). The zero-order chi connectivity index (χ0) is 23.3. The Bertz CT molecular complexity index is 1140. The number of carbonyl (C=O) groups is 1. The van der Waals surface area contributed by atoms with Gasteiger partial charge in [0.15, 0.2) is 5.69 Å². The first kappa shape index (κ1) is 24.1. The lowest BCUT2D eigenvalue weighted by atomic mass is 10.1. The van der Waals surface area contributed by atoms with E-state index < -0.39 is 0 Å². The minimum atomic E-state index is -0.383. The molecule has 1 amide bonds. The van der Waals surface area contributed by atoms with Crippen molar-refractivity contribution in [2.45, 2.75) is 46.6 Å². The molecule has 0 atom stereocenters. The molecule has 0 radical (unpaired) electrons. The summed E-state index contributed by atoms with van der Waals surface area (Å²) in [5, 5.41) is 20.4. The van der Waals surface area contributed by atoms with Gasteiger partial charge in [-0.2, -0.15) is 0 Å². The summed E-state index contributed by atoms with van der Waals surface area (Å²) in [6, 6.07) is 10.9. The lowest BCUT2D eigenvalue weighted by Gasteiger charge is -2.09. The fraction of sp³-hybridized carbons (Fsp3) is 0.375. The Hall–Kier alpha value is -2.57. The van der Waals surface area contributed by atoms with Crippen LogP contribution in [0.3, 0.4) is 0 Å². The average molecular weight is 476 g/mol. The fourth-order valence-corrected chi connectivity index (χ4v) is 3.77. The van der Waals surface area contributed by atoms with Gasteiger partial charge in [-0.05, 0) is 56.0 Å². The van der Waals surface area contributed by atoms with E-state index in [0.717, 1.165) is 22.9 Å². The van der Waals surface area contributed by atoms with E-state index in [1.165, 1.54) is 0 Å². The highest BCUT2D eigenvalue weighted by Crippen LogP contribution is 2.39. The predicted molar refractivity (Wildman–Crippen MR) is 129 cm³/mol. The van der Waals surface area contributed by atoms with E-state index in [4.69, 9.17) is 27.9 Å². The van der Waals surface area contributed by atoms with Gasteiger partial charge < -0.3 is 14.4 Å². The van der Waals surface area contributed by atoms with Crippen LogP contribution in [0.5, 0.6) is 11.6 Å². The van der Waals surface area contributed by atoms with Gasteiger partial charge in [-0.25, -0.2) is 0 Å². The molecule has 2 aromatic carbocycles. The summed E-state index contributed by atoms with van der Waals surface area (Å²) < 4.78 is 7.42. The van der Waals surface area contributed by atoms with Gasteiger partial charge in [0, 0.05) is 23.4 Å². The molecule has 0 aliphatic carbocycles. The van der Waals surface area contributed by atoms with E-state index in [-0.39, 0.29) is 18.2 Å². The molecule has 0 bridgehead atoms. The minimum Gasteiger partial charge on any atom is -0.493 e. The lowest BCUT2D eigenvalue weighted by Crippen LogP contribution is -2.01. The van der Waals surface area contributed by atoms with Gasteiger partial charge in [0.25, 0.3) is 5.91 Å². The number of aryl methyl sites for hydroxylation is 2. The first-order valence-electron chi connectivity index (χ1n) is 10.6. The Balaban J connectivity index is 1.65. The van der Waals surface area contributed by atoms with Gasteiger partial charge in [0.2, 0.25) is 5.88 Å². The van der Waals surface area contributed by atoms with E-state index in [0.29, 0.717) is 47.0 Å². The number of rotatable bonds is 9. The number of benzene rings is 2. The van der Waals surface area contributed by atoms with Crippen molar-refractivity contribution in [3.8, 4) is 11.6 Å². The number of hydrogen-bond acceptors (Lipinski definition) is 4. The maximum absolute atomic E-state index is 12.2. The van der Waals surface area contributed by atoms with Crippen molar-refractivity contribution in [1.82, 2.24) is 4.57 Å². The molecule has 0 aliphatic heterocycles. The van der Waals surface area contributed by atoms with Crippen LogP contribution in [-0.2, 0) is 11.3 Å². The topological polar surface area (TPSA) is 76.2 Å². The number of amides is 1. The summed E-state index contributed by atoms with van der Waals surface area (Å²) in [7, 11) is 0.